The van der Waals surface area contributed by atoms with Crippen LogP contribution in [0.5, 0.6) is 0 Å². The number of likely N-dealkylation sites (tertiary alicyclic amines) is 1. The summed E-state index contributed by atoms with van der Waals surface area (Å²) in [6.45, 7) is 4.63. The molecule has 4 heteroatoms. The van der Waals surface area contributed by atoms with Gasteiger partial charge in [0.05, 0.1) is 12.6 Å². The number of nitrogens with zero attached hydrogens (tertiary/aromatic N) is 1. The van der Waals surface area contributed by atoms with Crippen LogP contribution in [0, 0.1) is 5.92 Å². The van der Waals surface area contributed by atoms with E-state index in [4.69, 9.17) is 4.74 Å². The van der Waals surface area contributed by atoms with E-state index in [1.54, 1.807) is 7.11 Å². The predicted molar refractivity (Wildman–Crippen MR) is 126 cm³/mol. The molecule has 0 saturated carbocycles. The van der Waals surface area contributed by atoms with E-state index in [-0.39, 0.29) is 17.9 Å². The van der Waals surface area contributed by atoms with Crippen LogP contribution in [0.25, 0.3) is 10.8 Å². The van der Waals surface area contributed by atoms with Crippen LogP contribution >= 0.6 is 0 Å². The maximum atomic E-state index is 13.0. The van der Waals surface area contributed by atoms with E-state index in [1.165, 1.54) is 16.3 Å². The highest BCUT2D eigenvalue weighted by atomic mass is 16.5. The molecule has 31 heavy (non-hydrogen) atoms. The third kappa shape index (κ3) is 4.97. The molecule has 1 aliphatic rings. The Hall–Kier alpha value is -2.69. The maximum absolute atomic E-state index is 13.0. The Labute approximate surface area is 185 Å². The van der Waals surface area contributed by atoms with Crippen LogP contribution < -0.4 is 5.32 Å². The zero-order valence-corrected chi connectivity index (χ0v) is 18.5. The standard InChI is InChI=1S/C27H32N2O2/c1-20(24-14-8-12-21-9-6-7-13-25(21)24)29-17-15-23(16-18-29)27(30)28-26(19-31-2)22-10-4-3-5-11-22/h3-14,20,23,26H,15-19H2,1-2H3,(H,28,30)/t20-,26+/m1/s1. The molecule has 2 atom stereocenters. The first-order valence-electron chi connectivity index (χ1n) is 11.2. The third-order valence-corrected chi connectivity index (χ3v) is 6.57. The normalized spacial score (nSPS) is 17.4. The van der Waals surface area contributed by atoms with Gasteiger partial charge >= 0.3 is 0 Å². The van der Waals surface area contributed by atoms with Crippen LogP contribution in [0.4, 0.5) is 0 Å². The molecule has 3 aromatic carbocycles. The summed E-state index contributed by atoms with van der Waals surface area (Å²) in [4.78, 5) is 15.5. The summed E-state index contributed by atoms with van der Waals surface area (Å²) in [6.07, 6.45) is 1.77. The number of hydrogen-bond acceptors (Lipinski definition) is 3. The number of piperidine rings is 1. The number of methoxy groups -OCH3 is 1. The van der Waals surface area contributed by atoms with Crippen molar-refractivity contribution in [3.05, 3.63) is 83.9 Å². The molecule has 4 rings (SSSR count). The molecule has 1 heterocycles. The molecule has 1 amide bonds. The number of ether oxygens (including phenoxy) is 1. The van der Waals surface area contributed by atoms with E-state index in [2.05, 4.69) is 59.6 Å². The van der Waals surface area contributed by atoms with E-state index in [0.717, 1.165) is 31.5 Å². The molecule has 1 N–H and O–H groups in total. The number of hydrogen-bond donors (Lipinski definition) is 1. The molecule has 0 aromatic heterocycles. The Bertz CT molecular complexity index is 991. The van der Waals surface area contributed by atoms with Crippen LogP contribution in [0.15, 0.2) is 72.8 Å². The molecule has 0 aliphatic carbocycles. The summed E-state index contributed by atoms with van der Waals surface area (Å²) >= 11 is 0. The van der Waals surface area contributed by atoms with Gasteiger partial charge in [-0.3, -0.25) is 9.69 Å². The number of nitrogens with one attached hydrogen (secondary N) is 1. The first-order chi connectivity index (χ1) is 15.2. The molecule has 3 aromatic rings. The Morgan fingerprint density at radius 1 is 1.00 bits per heavy atom. The van der Waals surface area contributed by atoms with Crippen molar-refractivity contribution in [2.75, 3.05) is 26.8 Å². The molecular weight excluding hydrogens is 384 g/mol. The quantitative estimate of drug-likeness (QED) is 0.581. The average molecular weight is 417 g/mol. The van der Waals surface area contributed by atoms with Gasteiger partial charge in [0.15, 0.2) is 0 Å². The lowest BCUT2D eigenvalue weighted by Gasteiger charge is -2.36. The summed E-state index contributed by atoms with van der Waals surface area (Å²) in [6, 6.07) is 25.4. The minimum Gasteiger partial charge on any atom is -0.382 e. The van der Waals surface area contributed by atoms with Gasteiger partial charge in [-0.1, -0.05) is 72.8 Å². The molecule has 162 valence electrons. The number of carbonyl (C=O) groups excluding carboxylic acids is 1. The van der Waals surface area contributed by atoms with E-state index in [1.807, 2.05) is 30.3 Å². The first-order valence-corrected chi connectivity index (χ1v) is 11.2. The number of benzene rings is 3. The fourth-order valence-electron chi connectivity index (χ4n) is 4.72. The molecule has 0 unspecified atom stereocenters. The van der Waals surface area contributed by atoms with E-state index in [0.29, 0.717) is 12.6 Å². The Kier molecular flexibility index (Phi) is 7.00. The van der Waals surface area contributed by atoms with Crippen molar-refractivity contribution in [1.82, 2.24) is 10.2 Å². The predicted octanol–water partition coefficient (Wildman–Crippen LogP) is 5.12. The van der Waals surface area contributed by atoms with Crippen molar-refractivity contribution in [2.24, 2.45) is 5.92 Å². The SMILES string of the molecule is COC[C@H](NC(=O)C1CCN([C@H](C)c2cccc3ccccc23)CC1)c1ccccc1. The Balaban J connectivity index is 1.38. The van der Waals surface area contributed by atoms with Crippen LogP contribution in [0.1, 0.15) is 43.0 Å². The first kappa shape index (κ1) is 21.5. The number of carbonyl (C=O) groups is 1. The minimum absolute atomic E-state index is 0.0547. The maximum Gasteiger partial charge on any atom is 0.223 e. The average Bonchev–Trinajstić information content (AvgIpc) is 2.83. The van der Waals surface area contributed by atoms with Gasteiger partial charge in [0, 0.05) is 19.1 Å². The van der Waals surface area contributed by atoms with Gasteiger partial charge in [0.2, 0.25) is 5.91 Å². The van der Waals surface area contributed by atoms with Gasteiger partial charge in [0.25, 0.3) is 0 Å². The second-order valence-corrected chi connectivity index (χ2v) is 8.48. The summed E-state index contributed by atoms with van der Waals surface area (Å²) in [5.74, 6) is 0.197. The molecule has 0 radical (unpaired) electrons. The minimum atomic E-state index is -0.105. The van der Waals surface area contributed by atoms with Crippen molar-refractivity contribution in [3.63, 3.8) is 0 Å². The summed E-state index contributed by atoms with van der Waals surface area (Å²) < 4.78 is 5.36. The summed E-state index contributed by atoms with van der Waals surface area (Å²) in [5.41, 5.74) is 2.45. The zero-order chi connectivity index (χ0) is 21.6. The highest BCUT2D eigenvalue weighted by Gasteiger charge is 2.29. The van der Waals surface area contributed by atoms with Gasteiger partial charge in [-0.25, -0.2) is 0 Å². The zero-order valence-electron chi connectivity index (χ0n) is 18.5. The van der Waals surface area contributed by atoms with Gasteiger partial charge < -0.3 is 10.1 Å². The molecule has 4 nitrogen and oxygen atoms in total. The smallest absolute Gasteiger partial charge is 0.223 e. The summed E-state index contributed by atoms with van der Waals surface area (Å²) in [7, 11) is 1.68. The van der Waals surface area contributed by atoms with E-state index >= 15 is 0 Å². The van der Waals surface area contributed by atoms with Crippen LogP contribution in [0.2, 0.25) is 0 Å². The highest BCUT2D eigenvalue weighted by molar-refractivity contribution is 5.86. The molecule has 1 saturated heterocycles. The largest absolute Gasteiger partial charge is 0.382 e. The lowest BCUT2D eigenvalue weighted by atomic mass is 9.92. The molecular formula is C27H32N2O2. The van der Waals surface area contributed by atoms with E-state index < -0.39 is 0 Å². The number of amides is 1. The Morgan fingerprint density at radius 3 is 2.42 bits per heavy atom. The molecule has 0 spiro atoms. The van der Waals surface area contributed by atoms with Gasteiger partial charge in [0.1, 0.15) is 0 Å². The highest BCUT2D eigenvalue weighted by Crippen LogP contribution is 2.31. The van der Waals surface area contributed by atoms with E-state index in [9.17, 15) is 4.79 Å². The molecule has 1 fully saturated rings. The van der Waals surface area contributed by atoms with Gasteiger partial charge in [-0.2, -0.15) is 0 Å². The van der Waals surface area contributed by atoms with Gasteiger partial charge in [-0.05, 0) is 54.8 Å². The molecule has 1 aliphatic heterocycles. The second-order valence-electron chi connectivity index (χ2n) is 8.48. The van der Waals surface area contributed by atoms with Gasteiger partial charge in [-0.15, -0.1) is 0 Å². The molecule has 0 bridgehead atoms. The fraction of sp³-hybridized carbons (Fsp3) is 0.370. The van der Waals surface area contributed by atoms with Crippen molar-refractivity contribution < 1.29 is 9.53 Å². The van der Waals surface area contributed by atoms with Crippen molar-refractivity contribution >= 4 is 16.7 Å². The van der Waals surface area contributed by atoms with Crippen molar-refractivity contribution in [2.45, 2.75) is 31.8 Å². The number of fused-ring (bicyclic) bond motifs is 1. The number of rotatable bonds is 7. The van der Waals surface area contributed by atoms with Crippen LogP contribution in [0.3, 0.4) is 0 Å². The van der Waals surface area contributed by atoms with Crippen molar-refractivity contribution in [3.8, 4) is 0 Å². The van der Waals surface area contributed by atoms with Crippen molar-refractivity contribution in [1.29, 1.82) is 0 Å². The Morgan fingerprint density at radius 2 is 1.68 bits per heavy atom. The summed E-state index contributed by atoms with van der Waals surface area (Å²) in [5, 5.41) is 5.83. The lowest BCUT2D eigenvalue weighted by molar-refractivity contribution is -0.127. The second kappa shape index (κ2) is 10.1. The monoisotopic (exact) mass is 416 g/mol. The topological polar surface area (TPSA) is 41.6 Å². The van der Waals surface area contributed by atoms with Crippen LogP contribution in [-0.4, -0.2) is 37.6 Å². The fourth-order valence-corrected chi connectivity index (χ4v) is 4.72. The van der Waals surface area contributed by atoms with Crippen LogP contribution in [-0.2, 0) is 9.53 Å². The lowest BCUT2D eigenvalue weighted by Crippen LogP contribution is -2.43. The third-order valence-electron chi connectivity index (χ3n) is 6.57.